The maximum absolute atomic E-state index is 13.5. The average molecular weight is 341 g/mol. The Balaban J connectivity index is 1.88. The predicted octanol–water partition coefficient (Wildman–Crippen LogP) is 2.68. The molecule has 23 heavy (non-hydrogen) atoms. The fourth-order valence-electron chi connectivity index (χ4n) is 3.02. The smallest absolute Gasteiger partial charge is 0.161 e. The van der Waals surface area contributed by atoms with Gasteiger partial charge in [0.05, 0.1) is 10.8 Å². The van der Waals surface area contributed by atoms with Gasteiger partial charge in [-0.3, -0.25) is 0 Å². The van der Waals surface area contributed by atoms with Crippen molar-refractivity contribution in [2.75, 3.05) is 11.6 Å². The molecule has 1 aliphatic carbocycles. The van der Waals surface area contributed by atoms with Gasteiger partial charge in [0.2, 0.25) is 0 Å². The van der Waals surface area contributed by atoms with Gasteiger partial charge in [-0.05, 0) is 25.3 Å². The summed E-state index contributed by atoms with van der Waals surface area (Å²) < 4.78 is 50.3. The first-order chi connectivity index (χ1) is 10.8. The SMILES string of the molecule is CS(=O)(=O)C1CCCC(Nc2ncnc3cc(F)c(F)cc23)C1. The molecule has 1 aromatic carbocycles. The Bertz CT molecular complexity index is 842. The maximum atomic E-state index is 13.5. The first kappa shape index (κ1) is 16.0. The van der Waals surface area contributed by atoms with Crippen LogP contribution in [0.5, 0.6) is 0 Å². The van der Waals surface area contributed by atoms with Gasteiger partial charge in [0.15, 0.2) is 11.6 Å². The third kappa shape index (κ3) is 3.41. The molecule has 0 radical (unpaired) electrons. The molecular formula is C15H17F2N3O2S. The fraction of sp³-hybridized carbons (Fsp3) is 0.467. The normalized spacial score (nSPS) is 22.2. The van der Waals surface area contributed by atoms with E-state index in [2.05, 4.69) is 15.3 Å². The largest absolute Gasteiger partial charge is 0.367 e. The monoisotopic (exact) mass is 341 g/mol. The molecule has 1 saturated carbocycles. The molecule has 1 fully saturated rings. The van der Waals surface area contributed by atoms with E-state index in [0.717, 1.165) is 25.0 Å². The van der Waals surface area contributed by atoms with Crippen LogP contribution in [0.4, 0.5) is 14.6 Å². The van der Waals surface area contributed by atoms with Gasteiger partial charge in [-0.15, -0.1) is 0 Å². The quantitative estimate of drug-likeness (QED) is 0.929. The summed E-state index contributed by atoms with van der Waals surface area (Å²) in [5.74, 6) is -1.53. The standard InChI is InChI=1S/C15H17F2N3O2S/c1-23(21,22)10-4-2-3-9(5-10)20-15-11-6-12(16)13(17)7-14(11)18-8-19-15/h6-10H,2-5H2,1H3,(H,18,19,20). The summed E-state index contributed by atoms with van der Waals surface area (Å²) in [6.45, 7) is 0. The Hall–Kier alpha value is -1.83. The van der Waals surface area contributed by atoms with Crippen LogP contribution in [0.25, 0.3) is 10.9 Å². The molecule has 0 spiro atoms. The lowest BCUT2D eigenvalue weighted by atomic mass is 9.95. The molecule has 5 nitrogen and oxygen atoms in total. The van der Waals surface area contributed by atoms with Crippen LogP contribution in [0.3, 0.4) is 0 Å². The molecule has 3 rings (SSSR count). The minimum Gasteiger partial charge on any atom is -0.367 e. The summed E-state index contributed by atoms with van der Waals surface area (Å²) in [5.41, 5.74) is 0.303. The van der Waals surface area contributed by atoms with Crippen molar-refractivity contribution in [1.29, 1.82) is 0 Å². The van der Waals surface area contributed by atoms with Crippen molar-refractivity contribution in [3.63, 3.8) is 0 Å². The Labute approximate surface area is 133 Å². The number of sulfone groups is 1. The van der Waals surface area contributed by atoms with E-state index in [-0.39, 0.29) is 11.3 Å². The number of fused-ring (bicyclic) bond motifs is 1. The molecule has 124 valence electrons. The lowest BCUT2D eigenvalue weighted by Crippen LogP contribution is -2.34. The van der Waals surface area contributed by atoms with Crippen molar-refractivity contribution in [3.05, 3.63) is 30.1 Å². The van der Waals surface area contributed by atoms with E-state index in [1.165, 1.54) is 12.6 Å². The van der Waals surface area contributed by atoms with Crippen molar-refractivity contribution in [3.8, 4) is 0 Å². The number of aromatic nitrogens is 2. The number of anilines is 1. The second-order valence-corrected chi connectivity index (χ2v) is 8.29. The summed E-state index contributed by atoms with van der Waals surface area (Å²) in [5, 5.41) is 3.17. The van der Waals surface area contributed by atoms with Gasteiger partial charge in [-0.2, -0.15) is 0 Å². The molecular weight excluding hydrogens is 324 g/mol. The molecule has 1 aliphatic rings. The highest BCUT2D eigenvalue weighted by molar-refractivity contribution is 7.91. The third-order valence-corrected chi connectivity index (χ3v) is 5.89. The molecule has 8 heteroatoms. The number of hydrogen-bond donors (Lipinski definition) is 1. The van der Waals surface area contributed by atoms with Crippen molar-refractivity contribution < 1.29 is 17.2 Å². The molecule has 0 aliphatic heterocycles. The molecule has 1 aromatic heterocycles. The zero-order valence-corrected chi connectivity index (χ0v) is 13.4. The zero-order chi connectivity index (χ0) is 16.6. The Morgan fingerprint density at radius 1 is 1.17 bits per heavy atom. The van der Waals surface area contributed by atoms with Crippen LogP contribution in [-0.2, 0) is 9.84 Å². The van der Waals surface area contributed by atoms with E-state index in [0.29, 0.717) is 29.6 Å². The Morgan fingerprint density at radius 3 is 2.65 bits per heavy atom. The van der Waals surface area contributed by atoms with E-state index in [9.17, 15) is 17.2 Å². The molecule has 2 atom stereocenters. The van der Waals surface area contributed by atoms with Crippen LogP contribution >= 0.6 is 0 Å². The van der Waals surface area contributed by atoms with Gasteiger partial charge in [0, 0.05) is 23.8 Å². The topological polar surface area (TPSA) is 72.0 Å². The summed E-state index contributed by atoms with van der Waals surface area (Å²) in [4.78, 5) is 8.04. The van der Waals surface area contributed by atoms with Crippen LogP contribution in [0.2, 0.25) is 0 Å². The second kappa shape index (κ2) is 5.99. The third-order valence-electron chi connectivity index (χ3n) is 4.25. The average Bonchev–Trinajstić information content (AvgIpc) is 2.49. The zero-order valence-electron chi connectivity index (χ0n) is 12.6. The highest BCUT2D eigenvalue weighted by Gasteiger charge is 2.29. The van der Waals surface area contributed by atoms with Gasteiger partial charge in [0.1, 0.15) is 22.0 Å². The summed E-state index contributed by atoms with van der Waals surface area (Å²) in [6.07, 6.45) is 5.26. The lowest BCUT2D eigenvalue weighted by Gasteiger charge is -2.29. The van der Waals surface area contributed by atoms with Crippen LogP contribution in [-0.4, -0.2) is 35.9 Å². The van der Waals surface area contributed by atoms with Crippen LogP contribution in [0.15, 0.2) is 18.5 Å². The second-order valence-electron chi connectivity index (χ2n) is 5.97. The number of nitrogens with zero attached hydrogens (tertiary/aromatic N) is 2. The first-order valence-electron chi connectivity index (χ1n) is 7.40. The molecule has 0 saturated heterocycles. The highest BCUT2D eigenvalue weighted by atomic mass is 32.2. The Morgan fingerprint density at radius 2 is 1.91 bits per heavy atom. The number of halogens is 2. The molecule has 0 bridgehead atoms. The van der Waals surface area contributed by atoms with Gasteiger partial charge in [-0.25, -0.2) is 27.2 Å². The Kier molecular flexibility index (Phi) is 4.18. The van der Waals surface area contributed by atoms with Crippen molar-refractivity contribution in [1.82, 2.24) is 9.97 Å². The van der Waals surface area contributed by atoms with Crippen molar-refractivity contribution in [2.24, 2.45) is 0 Å². The minimum atomic E-state index is -3.09. The molecule has 1 N–H and O–H groups in total. The summed E-state index contributed by atoms with van der Waals surface area (Å²) >= 11 is 0. The van der Waals surface area contributed by atoms with Crippen molar-refractivity contribution >= 4 is 26.6 Å². The van der Waals surface area contributed by atoms with Crippen LogP contribution < -0.4 is 5.32 Å². The van der Waals surface area contributed by atoms with Gasteiger partial charge >= 0.3 is 0 Å². The van der Waals surface area contributed by atoms with Gasteiger partial charge in [0.25, 0.3) is 0 Å². The maximum Gasteiger partial charge on any atom is 0.161 e. The molecule has 1 heterocycles. The van der Waals surface area contributed by atoms with Crippen LogP contribution in [0.1, 0.15) is 25.7 Å². The van der Waals surface area contributed by atoms with E-state index in [1.54, 1.807) is 0 Å². The number of nitrogens with one attached hydrogen (secondary N) is 1. The van der Waals surface area contributed by atoms with E-state index < -0.39 is 21.5 Å². The number of benzene rings is 1. The predicted molar refractivity (Wildman–Crippen MR) is 84.0 cm³/mol. The first-order valence-corrected chi connectivity index (χ1v) is 9.35. The summed E-state index contributed by atoms with van der Waals surface area (Å²) in [6, 6.07) is 2.01. The highest BCUT2D eigenvalue weighted by Crippen LogP contribution is 2.28. The van der Waals surface area contributed by atoms with E-state index >= 15 is 0 Å². The number of hydrogen-bond acceptors (Lipinski definition) is 5. The van der Waals surface area contributed by atoms with E-state index in [4.69, 9.17) is 0 Å². The number of rotatable bonds is 3. The summed E-state index contributed by atoms with van der Waals surface area (Å²) in [7, 11) is -3.09. The van der Waals surface area contributed by atoms with Crippen molar-refractivity contribution in [2.45, 2.75) is 37.0 Å². The minimum absolute atomic E-state index is 0.0744. The molecule has 0 amide bonds. The molecule has 2 unspecified atom stereocenters. The van der Waals surface area contributed by atoms with Crippen LogP contribution in [0, 0.1) is 11.6 Å². The molecule has 2 aromatic rings. The van der Waals surface area contributed by atoms with Gasteiger partial charge < -0.3 is 5.32 Å². The van der Waals surface area contributed by atoms with Gasteiger partial charge in [-0.1, -0.05) is 6.42 Å². The lowest BCUT2D eigenvalue weighted by molar-refractivity contribution is 0.452. The van der Waals surface area contributed by atoms with E-state index in [1.807, 2.05) is 0 Å². The fourth-order valence-corrected chi connectivity index (χ4v) is 4.20.